The van der Waals surface area contributed by atoms with Crippen LogP contribution in [0.5, 0.6) is 11.5 Å². The Balaban J connectivity index is 1.17. The number of likely N-dealkylation sites (tertiary alicyclic amines) is 1. The Hall–Kier alpha value is -3.30. The minimum atomic E-state index is -1.03. The van der Waals surface area contributed by atoms with Gasteiger partial charge in [-0.25, -0.2) is 4.79 Å². The molecular formula is C24H24ClN3O6. The molecule has 5 rings (SSSR count). The lowest BCUT2D eigenvalue weighted by atomic mass is 9.84. The summed E-state index contributed by atoms with van der Waals surface area (Å²) in [5.74, 6) is 0.515. The highest BCUT2D eigenvalue weighted by Crippen LogP contribution is 2.34. The van der Waals surface area contributed by atoms with Crippen LogP contribution in [0.15, 0.2) is 42.5 Å². The molecule has 1 atom stereocenters. The average Bonchev–Trinajstić information content (AvgIpc) is 3.39. The van der Waals surface area contributed by atoms with Crippen molar-refractivity contribution in [1.82, 2.24) is 15.1 Å². The monoisotopic (exact) mass is 485 g/mol. The van der Waals surface area contributed by atoms with Crippen molar-refractivity contribution in [3.8, 4) is 11.5 Å². The van der Waals surface area contributed by atoms with Crippen molar-refractivity contribution in [3.05, 3.63) is 58.6 Å². The van der Waals surface area contributed by atoms with Gasteiger partial charge < -0.3 is 24.8 Å². The van der Waals surface area contributed by atoms with Gasteiger partial charge in [-0.1, -0.05) is 29.8 Å². The number of carbonyl (C=O) groups excluding carboxylic acids is 3. The summed E-state index contributed by atoms with van der Waals surface area (Å²) in [5, 5.41) is 14.2. The van der Waals surface area contributed by atoms with Crippen LogP contribution in [0, 0.1) is 0 Å². The van der Waals surface area contributed by atoms with E-state index in [2.05, 4.69) is 5.32 Å². The molecule has 2 fully saturated rings. The highest BCUT2D eigenvalue weighted by atomic mass is 35.5. The van der Waals surface area contributed by atoms with E-state index < -0.39 is 23.6 Å². The zero-order valence-electron chi connectivity index (χ0n) is 18.3. The van der Waals surface area contributed by atoms with E-state index in [0.717, 1.165) is 16.0 Å². The predicted octanol–water partition coefficient (Wildman–Crippen LogP) is 2.39. The molecule has 0 saturated carbocycles. The number of urea groups is 1. The molecule has 3 heterocycles. The fraction of sp³-hybridized carbons (Fsp3) is 0.375. The van der Waals surface area contributed by atoms with E-state index in [1.807, 2.05) is 0 Å². The van der Waals surface area contributed by atoms with Crippen molar-refractivity contribution in [2.24, 2.45) is 0 Å². The third-order valence-corrected chi connectivity index (χ3v) is 6.84. The number of fused-ring (bicyclic) bond motifs is 1. The molecular weight excluding hydrogens is 462 g/mol. The second-order valence-corrected chi connectivity index (χ2v) is 9.17. The molecule has 0 spiro atoms. The number of piperidine rings is 1. The van der Waals surface area contributed by atoms with E-state index in [4.69, 9.17) is 21.1 Å². The van der Waals surface area contributed by atoms with E-state index >= 15 is 0 Å². The van der Waals surface area contributed by atoms with Crippen molar-refractivity contribution in [2.75, 3.05) is 19.9 Å². The van der Waals surface area contributed by atoms with E-state index in [1.54, 1.807) is 47.4 Å². The predicted molar refractivity (Wildman–Crippen MR) is 121 cm³/mol. The van der Waals surface area contributed by atoms with E-state index in [9.17, 15) is 19.5 Å². The number of halogens is 1. The van der Waals surface area contributed by atoms with Gasteiger partial charge in [0.25, 0.3) is 5.91 Å². The molecule has 0 radical (unpaired) electrons. The van der Waals surface area contributed by atoms with Gasteiger partial charge in [0.15, 0.2) is 11.5 Å². The molecule has 4 amide bonds. The number of ether oxygens (including phenoxy) is 2. The summed E-state index contributed by atoms with van der Waals surface area (Å²) in [6.07, 6.45) is 0.630. The fourth-order valence-corrected chi connectivity index (χ4v) is 4.69. The van der Waals surface area contributed by atoms with Gasteiger partial charge in [0.2, 0.25) is 12.7 Å². The zero-order chi connectivity index (χ0) is 23.9. The summed E-state index contributed by atoms with van der Waals surface area (Å²) in [6.45, 7) is 0.922. The van der Waals surface area contributed by atoms with Crippen LogP contribution in [0.1, 0.15) is 30.4 Å². The molecule has 34 heavy (non-hydrogen) atoms. The summed E-state index contributed by atoms with van der Waals surface area (Å²) in [6, 6.07) is 10.8. The van der Waals surface area contributed by atoms with Crippen molar-refractivity contribution in [3.63, 3.8) is 0 Å². The van der Waals surface area contributed by atoms with Gasteiger partial charge >= 0.3 is 6.03 Å². The van der Waals surface area contributed by atoms with Gasteiger partial charge in [0.05, 0.1) is 18.6 Å². The number of rotatable bonds is 5. The van der Waals surface area contributed by atoms with Gasteiger partial charge in [-0.05, 0) is 48.2 Å². The normalized spacial score (nSPS) is 21.1. The Morgan fingerprint density at radius 3 is 2.53 bits per heavy atom. The third-order valence-electron chi connectivity index (χ3n) is 6.59. The largest absolute Gasteiger partial charge is 0.454 e. The molecule has 3 aliphatic heterocycles. The second-order valence-electron chi connectivity index (χ2n) is 8.74. The minimum Gasteiger partial charge on any atom is -0.454 e. The summed E-state index contributed by atoms with van der Waals surface area (Å²) >= 11 is 5.94. The molecule has 0 aromatic heterocycles. The number of benzene rings is 2. The highest BCUT2D eigenvalue weighted by molar-refractivity contribution is 6.30. The number of nitrogens with zero attached hydrogens (tertiary/aromatic N) is 2. The third kappa shape index (κ3) is 4.28. The molecule has 2 aromatic carbocycles. The van der Waals surface area contributed by atoms with Crippen LogP contribution in [-0.4, -0.2) is 58.7 Å². The number of carbonyl (C=O) groups is 3. The number of hydrogen-bond acceptors (Lipinski definition) is 6. The Morgan fingerprint density at radius 2 is 1.79 bits per heavy atom. The van der Waals surface area contributed by atoms with Crippen LogP contribution in [0.2, 0.25) is 5.02 Å². The first-order valence-corrected chi connectivity index (χ1v) is 11.5. The number of aliphatic hydroxyl groups is 1. The molecule has 0 aliphatic carbocycles. The Labute approximate surface area is 201 Å². The lowest BCUT2D eigenvalue weighted by Crippen LogP contribution is -2.47. The summed E-state index contributed by atoms with van der Waals surface area (Å²) in [5.41, 5.74) is 0.457. The van der Waals surface area contributed by atoms with E-state index in [0.29, 0.717) is 42.5 Å². The quantitative estimate of drug-likeness (QED) is 0.629. The average molecular weight is 486 g/mol. The van der Waals surface area contributed by atoms with Crippen molar-refractivity contribution in [1.29, 1.82) is 0 Å². The first kappa shape index (κ1) is 22.5. The van der Waals surface area contributed by atoms with Gasteiger partial charge in [-0.15, -0.1) is 0 Å². The topological polar surface area (TPSA) is 108 Å². The molecule has 2 N–H and O–H groups in total. The molecule has 9 nitrogen and oxygen atoms in total. The standard InChI is InChI=1S/C24H24ClN3O6/c25-17-4-2-16(3-5-17)24(32)7-9-27(10-8-24)21(29)12-18-22(30)28(23(31)26-18)13-15-1-6-19-20(11-15)34-14-33-19/h1-6,11,18,32H,7-10,12-14H2,(H,26,31)/t18-/m0/s1. The number of imide groups is 1. The first-order valence-electron chi connectivity index (χ1n) is 11.1. The highest BCUT2D eigenvalue weighted by Gasteiger charge is 2.41. The summed E-state index contributed by atoms with van der Waals surface area (Å²) in [4.78, 5) is 40.9. The molecule has 0 bridgehead atoms. The lowest BCUT2D eigenvalue weighted by Gasteiger charge is -2.38. The molecule has 0 unspecified atom stereocenters. The fourth-order valence-electron chi connectivity index (χ4n) is 4.57. The maximum atomic E-state index is 12.9. The SMILES string of the molecule is O=C(C[C@@H]1NC(=O)N(Cc2ccc3c(c2)OCO3)C1=O)N1CCC(O)(c2ccc(Cl)cc2)CC1. The molecule has 178 valence electrons. The maximum Gasteiger partial charge on any atom is 0.325 e. The number of amides is 4. The summed E-state index contributed by atoms with van der Waals surface area (Å²) < 4.78 is 10.6. The molecule has 3 aliphatic rings. The lowest BCUT2D eigenvalue weighted by molar-refractivity contribution is -0.139. The van der Waals surface area contributed by atoms with E-state index in [-0.39, 0.29) is 25.7 Å². The zero-order valence-corrected chi connectivity index (χ0v) is 19.1. The Kier molecular flexibility index (Phi) is 5.83. The molecule has 2 saturated heterocycles. The smallest absolute Gasteiger partial charge is 0.325 e. The molecule has 2 aromatic rings. The minimum absolute atomic E-state index is 0.0732. The van der Waals surface area contributed by atoms with Crippen molar-refractivity contribution in [2.45, 2.75) is 37.5 Å². The van der Waals surface area contributed by atoms with Crippen LogP contribution in [-0.2, 0) is 21.7 Å². The van der Waals surface area contributed by atoms with Crippen LogP contribution in [0.3, 0.4) is 0 Å². The number of hydrogen-bond donors (Lipinski definition) is 2. The van der Waals surface area contributed by atoms with Crippen LogP contribution in [0.25, 0.3) is 0 Å². The van der Waals surface area contributed by atoms with Crippen LogP contribution < -0.4 is 14.8 Å². The first-order chi connectivity index (χ1) is 16.3. The van der Waals surface area contributed by atoms with Crippen LogP contribution in [0.4, 0.5) is 4.79 Å². The van der Waals surface area contributed by atoms with Crippen LogP contribution >= 0.6 is 11.6 Å². The van der Waals surface area contributed by atoms with Gasteiger partial charge in [-0.3, -0.25) is 14.5 Å². The Bertz CT molecular complexity index is 1130. The number of nitrogens with one attached hydrogen (secondary N) is 1. The van der Waals surface area contributed by atoms with Gasteiger partial charge in [0.1, 0.15) is 6.04 Å². The second kappa shape index (κ2) is 8.81. The van der Waals surface area contributed by atoms with Crippen molar-refractivity contribution >= 4 is 29.4 Å². The van der Waals surface area contributed by atoms with Crippen molar-refractivity contribution < 1.29 is 29.0 Å². The van der Waals surface area contributed by atoms with E-state index in [1.165, 1.54) is 0 Å². The Morgan fingerprint density at radius 1 is 1.09 bits per heavy atom. The summed E-state index contributed by atoms with van der Waals surface area (Å²) in [7, 11) is 0. The van der Waals surface area contributed by atoms with Gasteiger partial charge in [0, 0.05) is 18.1 Å². The molecule has 10 heteroatoms. The maximum absolute atomic E-state index is 12.9. The van der Waals surface area contributed by atoms with Gasteiger partial charge in [-0.2, -0.15) is 0 Å².